The molecule has 0 unspecified atom stereocenters. The second-order valence-electron chi connectivity index (χ2n) is 5.68. The number of benzene rings is 2. The van der Waals surface area contributed by atoms with Crippen LogP contribution in [0.5, 0.6) is 11.5 Å². The van der Waals surface area contributed by atoms with Gasteiger partial charge in [-0.25, -0.2) is 14.2 Å². The molecule has 0 saturated carbocycles. The fourth-order valence-electron chi connectivity index (χ4n) is 2.48. The first-order chi connectivity index (χ1) is 13.6. The van der Waals surface area contributed by atoms with Gasteiger partial charge in [0.15, 0.2) is 11.5 Å². The van der Waals surface area contributed by atoms with E-state index >= 15 is 0 Å². The molecule has 0 amide bonds. The second-order valence-corrected chi connectivity index (χ2v) is 6.54. The lowest BCUT2D eigenvalue weighted by Crippen LogP contribution is -2.01. The van der Waals surface area contributed by atoms with E-state index in [1.165, 1.54) is 29.5 Å². The van der Waals surface area contributed by atoms with Crippen LogP contribution in [0.4, 0.5) is 4.39 Å². The van der Waals surface area contributed by atoms with Gasteiger partial charge in [0, 0.05) is 11.5 Å². The van der Waals surface area contributed by atoms with Crippen LogP contribution in [0.25, 0.3) is 16.6 Å². The van der Waals surface area contributed by atoms with Crippen LogP contribution in [0.3, 0.4) is 0 Å². The van der Waals surface area contributed by atoms with Crippen molar-refractivity contribution in [3.8, 4) is 22.1 Å². The van der Waals surface area contributed by atoms with Crippen molar-refractivity contribution < 1.29 is 23.4 Å². The first kappa shape index (κ1) is 19.6. The van der Waals surface area contributed by atoms with Crippen molar-refractivity contribution in [3.05, 3.63) is 71.0 Å². The maximum atomic E-state index is 12.9. The molecule has 0 aliphatic rings. The van der Waals surface area contributed by atoms with E-state index in [0.29, 0.717) is 22.8 Å². The normalized spacial score (nSPS) is 10.8. The summed E-state index contributed by atoms with van der Waals surface area (Å²) in [4.78, 5) is 16.4. The minimum absolute atomic E-state index is 0.0510. The van der Waals surface area contributed by atoms with Gasteiger partial charge in [-0.2, -0.15) is 0 Å². The highest BCUT2D eigenvalue weighted by atomic mass is 32.1. The van der Waals surface area contributed by atoms with Gasteiger partial charge in [-0.15, -0.1) is 11.3 Å². The Morgan fingerprint density at radius 1 is 1.14 bits per heavy atom. The van der Waals surface area contributed by atoms with Crippen LogP contribution in [0.1, 0.15) is 11.3 Å². The van der Waals surface area contributed by atoms with E-state index in [2.05, 4.69) is 4.98 Å². The largest absolute Gasteiger partial charge is 0.493 e. The summed E-state index contributed by atoms with van der Waals surface area (Å²) in [6, 6.07) is 11.4. The molecule has 1 aromatic heterocycles. The lowest BCUT2D eigenvalue weighted by atomic mass is 10.2. The first-order valence-electron chi connectivity index (χ1n) is 8.37. The van der Waals surface area contributed by atoms with E-state index in [0.717, 1.165) is 10.6 Å². The summed E-state index contributed by atoms with van der Waals surface area (Å²) >= 11 is 1.42. The van der Waals surface area contributed by atoms with Crippen molar-refractivity contribution in [2.75, 3.05) is 14.2 Å². The SMILES string of the molecule is COc1cccc(-c2nc(COC(=O)/C=C/c3ccc(F)cc3)cs2)c1OC. The van der Waals surface area contributed by atoms with Crippen molar-refractivity contribution in [2.45, 2.75) is 6.61 Å². The minimum atomic E-state index is -0.502. The molecule has 1 heterocycles. The zero-order valence-corrected chi connectivity index (χ0v) is 16.2. The van der Waals surface area contributed by atoms with Crippen molar-refractivity contribution >= 4 is 23.4 Å². The van der Waals surface area contributed by atoms with Gasteiger partial charge >= 0.3 is 5.97 Å². The van der Waals surface area contributed by atoms with Gasteiger partial charge in [0.1, 0.15) is 17.4 Å². The van der Waals surface area contributed by atoms with Gasteiger partial charge in [0.2, 0.25) is 0 Å². The van der Waals surface area contributed by atoms with Crippen LogP contribution >= 0.6 is 11.3 Å². The number of hydrogen-bond donors (Lipinski definition) is 0. The Kier molecular flexibility index (Phi) is 6.39. The smallest absolute Gasteiger partial charge is 0.331 e. The number of halogens is 1. The number of esters is 1. The van der Waals surface area contributed by atoms with Crippen LogP contribution in [0, 0.1) is 5.82 Å². The van der Waals surface area contributed by atoms with Crippen LogP contribution in [0.2, 0.25) is 0 Å². The average Bonchev–Trinajstić information content (AvgIpc) is 3.20. The molecule has 0 N–H and O–H groups in total. The molecule has 3 aromatic rings. The summed E-state index contributed by atoms with van der Waals surface area (Å²) in [6.45, 7) is 0.0510. The molecule has 0 atom stereocenters. The predicted molar refractivity (Wildman–Crippen MR) is 106 cm³/mol. The van der Waals surface area contributed by atoms with Gasteiger partial charge in [0.25, 0.3) is 0 Å². The van der Waals surface area contributed by atoms with Gasteiger partial charge in [-0.1, -0.05) is 18.2 Å². The van der Waals surface area contributed by atoms with Crippen LogP contribution in [0.15, 0.2) is 53.9 Å². The zero-order valence-electron chi connectivity index (χ0n) is 15.3. The molecular formula is C21H18FNO4S. The summed E-state index contributed by atoms with van der Waals surface area (Å²) in [5.74, 6) is 0.392. The Balaban J connectivity index is 1.64. The summed E-state index contributed by atoms with van der Waals surface area (Å²) in [5.41, 5.74) is 2.15. The van der Waals surface area contributed by atoms with Crippen LogP contribution in [-0.2, 0) is 16.1 Å². The minimum Gasteiger partial charge on any atom is -0.493 e. The number of para-hydroxylation sites is 1. The van der Waals surface area contributed by atoms with Crippen molar-refractivity contribution in [3.63, 3.8) is 0 Å². The standard InChI is InChI=1S/C21H18FNO4S/c1-25-18-5-3-4-17(20(18)26-2)21-23-16(13-28-21)12-27-19(24)11-8-14-6-9-15(22)10-7-14/h3-11,13H,12H2,1-2H3/b11-8+. The number of carbonyl (C=O) groups is 1. The van der Waals surface area contributed by atoms with E-state index in [1.54, 1.807) is 32.4 Å². The molecule has 7 heteroatoms. The van der Waals surface area contributed by atoms with Gasteiger partial charge in [-0.05, 0) is 35.9 Å². The number of methoxy groups -OCH3 is 2. The monoisotopic (exact) mass is 399 g/mol. The molecule has 0 spiro atoms. The molecule has 144 valence electrons. The van der Waals surface area contributed by atoms with Crippen molar-refractivity contribution in [1.29, 1.82) is 0 Å². The third kappa shape index (κ3) is 4.75. The van der Waals surface area contributed by atoms with E-state index in [4.69, 9.17) is 14.2 Å². The van der Waals surface area contributed by atoms with E-state index < -0.39 is 5.97 Å². The Morgan fingerprint density at radius 2 is 1.93 bits per heavy atom. The lowest BCUT2D eigenvalue weighted by molar-refractivity contribution is -0.139. The van der Waals surface area contributed by atoms with Gasteiger partial charge < -0.3 is 14.2 Å². The van der Waals surface area contributed by atoms with E-state index in [1.807, 2.05) is 23.6 Å². The number of ether oxygens (including phenoxy) is 3. The number of hydrogen-bond acceptors (Lipinski definition) is 6. The Labute approximate surface area is 166 Å². The Bertz CT molecular complexity index is 982. The van der Waals surface area contributed by atoms with Gasteiger partial charge in [-0.3, -0.25) is 0 Å². The molecule has 0 aliphatic carbocycles. The first-order valence-corrected chi connectivity index (χ1v) is 9.25. The van der Waals surface area contributed by atoms with Crippen LogP contribution in [-0.4, -0.2) is 25.2 Å². The van der Waals surface area contributed by atoms with Crippen molar-refractivity contribution in [1.82, 2.24) is 4.98 Å². The summed E-state index contributed by atoms with van der Waals surface area (Å²) in [7, 11) is 3.15. The number of rotatable bonds is 7. The van der Waals surface area contributed by atoms with E-state index in [9.17, 15) is 9.18 Å². The third-order valence-corrected chi connectivity index (χ3v) is 4.75. The van der Waals surface area contributed by atoms with Crippen LogP contribution < -0.4 is 9.47 Å². The molecule has 2 aromatic carbocycles. The number of carbonyl (C=O) groups excluding carboxylic acids is 1. The molecular weight excluding hydrogens is 381 g/mol. The second kappa shape index (κ2) is 9.14. The highest BCUT2D eigenvalue weighted by molar-refractivity contribution is 7.13. The highest BCUT2D eigenvalue weighted by Gasteiger charge is 2.15. The summed E-state index contributed by atoms with van der Waals surface area (Å²) < 4.78 is 28.8. The Hall–Kier alpha value is -3.19. The quantitative estimate of drug-likeness (QED) is 0.425. The Morgan fingerprint density at radius 3 is 2.64 bits per heavy atom. The van der Waals surface area contributed by atoms with E-state index in [-0.39, 0.29) is 12.4 Å². The molecule has 0 aliphatic heterocycles. The fourth-order valence-corrected chi connectivity index (χ4v) is 3.31. The molecule has 28 heavy (non-hydrogen) atoms. The molecule has 5 nitrogen and oxygen atoms in total. The maximum absolute atomic E-state index is 12.9. The number of nitrogens with zero attached hydrogens (tertiary/aromatic N) is 1. The fraction of sp³-hybridized carbons (Fsp3) is 0.143. The molecule has 0 saturated heterocycles. The number of aromatic nitrogens is 1. The predicted octanol–water partition coefficient (Wildman–Crippen LogP) is 4.72. The lowest BCUT2D eigenvalue weighted by Gasteiger charge is -2.10. The molecule has 0 bridgehead atoms. The summed E-state index contributed by atoms with van der Waals surface area (Å²) in [6.07, 6.45) is 2.86. The zero-order chi connectivity index (χ0) is 19.9. The maximum Gasteiger partial charge on any atom is 0.331 e. The topological polar surface area (TPSA) is 57.7 Å². The highest BCUT2D eigenvalue weighted by Crippen LogP contribution is 2.38. The molecule has 0 radical (unpaired) electrons. The summed E-state index contributed by atoms with van der Waals surface area (Å²) in [5, 5.41) is 2.56. The number of thiazole rings is 1. The third-order valence-electron chi connectivity index (χ3n) is 3.83. The van der Waals surface area contributed by atoms with Crippen molar-refractivity contribution in [2.24, 2.45) is 0 Å². The molecule has 0 fully saturated rings. The molecule has 3 rings (SSSR count). The average molecular weight is 399 g/mol. The van der Waals surface area contributed by atoms with Gasteiger partial charge in [0.05, 0.1) is 25.5 Å².